The number of halogens is 2. The second-order valence-corrected chi connectivity index (χ2v) is 3.86. The van der Waals surface area contributed by atoms with Gasteiger partial charge in [-0.2, -0.15) is 5.26 Å². The van der Waals surface area contributed by atoms with Gasteiger partial charge in [-0.25, -0.2) is 13.8 Å². The van der Waals surface area contributed by atoms with Gasteiger partial charge in [0.2, 0.25) is 0 Å². The Balaban J connectivity index is 2.11. The molecule has 0 aromatic carbocycles. The molecule has 1 aromatic rings. The van der Waals surface area contributed by atoms with Crippen LogP contribution in [0.1, 0.15) is 18.4 Å². The van der Waals surface area contributed by atoms with Crippen molar-refractivity contribution in [1.29, 1.82) is 5.26 Å². The monoisotopic (exact) mass is 223 g/mol. The smallest absolute Gasteiger partial charge is 0.251 e. The van der Waals surface area contributed by atoms with E-state index in [-0.39, 0.29) is 25.9 Å². The maximum absolute atomic E-state index is 12.9. The van der Waals surface area contributed by atoms with Crippen molar-refractivity contribution in [2.75, 3.05) is 18.0 Å². The minimum Gasteiger partial charge on any atom is -0.356 e. The highest BCUT2D eigenvalue weighted by atomic mass is 19.3. The zero-order chi connectivity index (χ0) is 11.6. The normalized spacial score (nSPS) is 19.2. The van der Waals surface area contributed by atoms with E-state index in [2.05, 4.69) is 4.98 Å². The van der Waals surface area contributed by atoms with Crippen LogP contribution in [-0.2, 0) is 0 Å². The van der Waals surface area contributed by atoms with Crippen LogP contribution in [0.5, 0.6) is 0 Å². The molecule has 0 unspecified atom stereocenters. The van der Waals surface area contributed by atoms with Crippen LogP contribution in [0.4, 0.5) is 14.6 Å². The summed E-state index contributed by atoms with van der Waals surface area (Å²) in [6.07, 6.45) is 1.23. The molecule has 0 radical (unpaired) electrons. The van der Waals surface area contributed by atoms with E-state index in [0.29, 0.717) is 11.4 Å². The summed E-state index contributed by atoms with van der Waals surface area (Å²) in [6.45, 7) is 0.573. The molecule has 1 saturated heterocycles. The number of hydrogen-bond donors (Lipinski definition) is 0. The van der Waals surface area contributed by atoms with Crippen molar-refractivity contribution >= 4 is 5.82 Å². The molecule has 1 aliphatic rings. The second-order valence-electron chi connectivity index (χ2n) is 3.86. The van der Waals surface area contributed by atoms with Gasteiger partial charge in [0.05, 0.1) is 11.6 Å². The number of aromatic nitrogens is 1. The fraction of sp³-hybridized carbons (Fsp3) is 0.455. The summed E-state index contributed by atoms with van der Waals surface area (Å²) >= 11 is 0. The fourth-order valence-corrected chi connectivity index (χ4v) is 1.72. The molecule has 0 N–H and O–H groups in total. The van der Waals surface area contributed by atoms with Gasteiger partial charge in [-0.15, -0.1) is 0 Å². The van der Waals surface area contributed by atoms with E-state index in [0.717, 1.165) is 0 Å². The molecule has 0 amide bonds. The molecular weight excluding hydrogens is 212 g/mol. The van der Waals surface area contributed by atoms with Crippen molar-refractivity contribution in [3.05, 3.63) is 23.9 Å². The van der Waals surface area contributed by atoms with Crippen molar-refractivity contribution in [3.63, 3.8) is 0 Å². The van der Waals surface area contributed by atoms with Crippen molar-refractivity contribution in [1.82, 2.24) is 4.98 Å². The summed E-state index contributed by atoms with van der Waals surface area (Å²) < 4.78 is 25.9. The first-order valence-electron chi connectivity index (χ1n) is 5.10. The molecular formula is C11H11F2N3. The minimum absolute atomic E-state index is 0.147. The zero-order valence-electron chi connectivity index (χ0n) is 8.66. The molecule has 2 rings (SSSR count). The molecule has 1 aliphatic heterocycles. The van der Waals surface area contributed by atoms with Gasteiger partial charge in [-0.05, 0) is 12.1 Å². The number of nitrogens with zero attached hydrogens (tertiary/aromatic N) is 3. The summed E-state index contributed by atoms with van der Waals surface area (Å²) in [5.41, 5.74) is 0.502. The van der Waals surface area contributed by atoms with Crippen LogP contribution in [0.25, 0.3) is 0 Å². The first kappa shape index (κ1) is 10.8. The Morgan fingerprint density at radius 2 is 2.06 bits per heavy atom. The highest BCUT2D eigenvalue weighted by molar-refractivity contribution is 5.45. The number of pyridine rings is 1. The van der Waals surface area contributed by atoms with Crippen LogP contribution in [-0.4, -0.2) is 24.0 Å². The van der Waals surface area contributed by atoms with Gasteiger partial charge in [-0.1, -0.05) is 0 Å². The minimum atomic E-state index is -2.55. The van der Waals surface area contributed by atoms with E-state index in [1.165, 1.54) is 6.20 Å². The molecule has 0 spiro atoms. The number of rotatable bonds is 1. The first-order valence-corrected chi connectivity index (χ1v) is 5.10. The van der Waals surface area contributed by atoms with Gasteiger partial charge in [-0.3, -0.25) is 0 Å². The van der Waals surface area contributed by atoms with Gasteiger partial charge in [0.25, 0.3) is 5.92 Å². The van der Waals surface area contributed by atoms with E-state index in [9.17, 15) is 8.78 Å². The van der Waals surface area contributed by atoms with Crippen molar-refractivity contribution < 1.29 is 8.78 Å². The Morgan fingerprint density at radius 3 is 2.69 bits per heavy atom. The lowest BCUT2D eigenvalue weighted by atomic mass is 10.1. The topological polar surface area (TPSA) is 39.9 Å². The quantitative estimate of drug-likeness (QED) is 0.732. The standard InChI is InChI=1S/C11H11F2N3/c12-11(13)2-5-16(6-3-11)10-7-9(8-14)1-4-15-10/h1,4,7H,2-3,5-6H2. The molecule has 3 nitrogen and oxygen atoms in total. The molecule has 2 heterocycles. The average molecular weight is 223 g/mol. The largest absolute Gasteiger partial charge is 0.356 e. The molecule has 84 valence electrons. The number of hydrogen-bond acceptors (Lipinski definition) is 3. The summed E-state index contributed by atoms with van der Waals surface area (Å²) in [4.78, 5) is 5.88. The number of nitriles is 1. The molecule has 1 aromatic heterocycles. The Kier molecular flexibility index (Phi) is 2.73. The SMILES string of the molecule is N#Cc1ccnc(N2CCC(F)(F)CC2)c1. The summed E-state index contributed by atoms with van der Waals surface area (Å²) in [6, 6.07) is 5.24. The number of anilines is 1. The molecule has 16 heavy (non-hydrogen) atoms. The Labute approximate surface area is 92.3 Å². The lowest BCUT2D eigenvalue weighted by Gasteiger charge is -2.32. The molecule has 0 saturated carbocycles. The van der Waals surface area contributed by atoms with Crippen molar-refractivity contribution in [2.24, 2.45) is 0 Å². The van der Waals surface area contributed by atoms with Crippen LogP contribution < -0.4 is 4.90 Å². The molecule has 1 fully saturated rings. The highest BCUT2D eigenvalue weighted by Crippen LogP contribution is 2.29. The Hall–Kier alpha value is -1.70. The second kappa shape index (κ2) is 4.05. The number of piperidine rings is 1. The average Bonchev–Trinajstić information content (AvgIpc) is 2.29. The Morgan fingerprint density at radius 1 is 1.38 bits per heavy atom. The number of alkyl halides is 2. The predicted molar refractivity (Wildman–Crippen MR) is 55.3 cm³/mol. The van der Waals surface area contributed by atoms with E-state index in [1.807, 2.05) is 6.07 Å². The summed E-state index contributed by atoms with van der Waals surface area (Å²) in [5.74, 6) is -1.95. The third-order valence-corrected chi connectivity index (χ3v) is 2.69. The van der Waals surface area contributed by atoms with Crippen molar-refractivity contribution in [2.45, 2.75) is 18.8 Å². The third kappa shape index (κ3) is 2.27. The van der Waals surface area contributed by atoms with Crippen molar-refractivity contribution in [3.8, 4) is 6.07 Å². The van der Waals surface area contributed by atoms with E-state index in [1.54, 1.807) is 17.0 Å². The molecule has 0 atom stereocenters. The summed E-state index contributed by atoms with van der Waals surface area (Å²) in [5, 5.41) is 8.73. The maximum atomic E-state index is 12.9. The van der Waals surface area contributed by atoms with Crippen LogP contribution >= 0.6 is 0 Å². The van der Waals surface area contributed by atoms with E-state index in [4.69, 9.17) is 5.26 Å². The highest BCUT2D eigenvalue weighted by Gasteiger charge is 2.34. The van der Waals surface area contributed by atoms with E-state index >= 15 is 0 Å². The lowest BCUT2D eigenvalue weighted by molar-refractivity contribution is -0.0221. The van der Waals surface area contributed by atoms with Gasteiger partial charge >= 0.3 is 0 Å². The molecule has 0 bridgehead atoms. The maximum Gasteiger partial charge on any atom is 0.251 e. The van der Waals surface area contributed by atoms with Gasteiger partial charge in [0.15, 0.2) is 0 Å². The first-order chi connectivity index (χ1) is 7.61. The van der Waals surface area contributed by atoms with Crippen LogP contribution in [0.15, 0.2) is 18.3 Å². The predicted octanol–water partition coefficient (Wildman–Crippen LogP) is 2.19. The fourth-order valence-electron chi connectivity index (χ4n) is 1.72. The van der Waals surface area contributed by atoms with Crippen LogP contribution in [0, 0.1) is 11.3 Å². The van der Waals surface area contributed by atoms with Gasteiger partial charge in [0, 0.05) is 32.1 Å². The summed E-state index contributed by atoms with van der Waals surface area (Å²) in [7, 11) is 0. The zero-order valence-corrected chi connectivity index (χ0v) is 8.66. The van der Waals surface area contributed by atoms with E-state index < -0.39 is 5.92 Å². The van der Waals surface area contributed by atoms with Gasteiger partial charge < -0.3 is 4.90 Å². The van der Waals surface area contributed by atoms with Crippen LogP contribution in [0.3, 0.4) is 0 Å². The third-order valence-electron chi connectivity index (χ3n) is 2.69. The Bertz CT molecular complexity index is 415. The molecule has 5 heteroatoms. The lowest BCUT2D eigenvalue weighted by Crippen LogP contribution is -2.39. The molecule has 0 aliphatic carbocycles. The van der Waals surface area contributed by atoms with Crippen LogP contribution in [0.2, 0.25) is 0 Å². The van der Waals surface area contributed by atoms with Gasteiger partial charge in [0.1, 0.15) is 5.82 Å².